The number of rotatable bonds is 7. The van der Waals surface area contributed by atoms with Crippen LogP contribution in [0.3, 0.4) is 0 Å². The molecule has 11 heteroatoms. The summed E-state index contributed by atoms with van der Waals surface area (Å²) in [7, 11) is -3.69. The quantitative estimate of drug-likeness (QED) is 0.458. The zero-order valence-electron chi connectivity index (χ0n) is 19.4. The van der Waals surface area contributed by atoms with E-state index in [2.05, 4.69) is 5.10 Å². The molecule has 2 aromatic carbocycles. The third-order valence-electron chi connectivity index (χ3n) is 6.34. The number of halogens is 3. The van der Waals surface area contributed by atoms with Gasteiger partial charge in [-0.15, -0.1) is 0 Å². The molecule has 0 radical (unpaired) electrons. The number of amides is 1. The van der Waals surface area contributed by atoms with Crippen molar-refractivity contribution in [2.24, 2.45) is 5.92 Å². The highest BCUT2D eigenvalue weighted by Crippen LogP contribution is 2.35. The molecule has 190 valence electrons. The maximum atomic E-state index is 13.5. The smallest absolute Gasteiger partial charge is 0.425 e. The van der Waals surface area contributed by atoms with Gasteiger partial charge in [-0.2, -0.15) is 18.3 Å². The predicted molar refractivity (Wildman–Crippen MR) is 125 cm³/mol. The van der Waals surface area contributed by atoms with Crippen LogP contribution >= 0.6 is 0 Å². The molecule has 2 aliphatic rings. The first-order valence-corrected chi connectivity index (χ1v) is 13.2. The van der Waals surface area contributed by atoms with Gasteiger partial charge >= 0.3 is 6.18 Å². The Kier molecular flexibility index (Phi) is 6.06. The van der Waals surface area contributed by atoms with E-state index >= 15 is 0 Å². The molecule has 1 aliphatic carbocycles. The van der Waals surface area contributed by atoms with Crippen molar-refractivity contribution in [3.63, 3.8) is 0 Å². The summed E-state index contributed by atoms with van der Waals surface area (Å²) in [5.74, 6) is -0.908. The molecule has 0 saturated heterocycles. The van der Waals surface area contributed by atoms with Gasteiger partial charge in [0.1, 0.15) is 5.75 Å². The van der Waals surface area contributed by atoms with Gasteiger partial charge in [-0.25, -0.2) is 13.1 Å². The Balaban J connectivity index is 1.43. The van der Waals surface area contributed by atoms with Gasteiger partial charge in [0.2, 0.25) is 0 Å². The van der Waals surface area contributed by atoms with Crippen LogP contribution in [-0.4, -0.2) is 47.0 Å². The average molecular weight is 520 g/mol. The second kappa shape index (κ2) is 8.95. The van der Waals surface area contributed by atoms with Crippen molar-refractivity contribution in [3.8, 4) is 11.4 Å². The van der Waals surface area contributed by atoms with Crippen LogP contribution in [0.4, 0.5) is 13.2 Å². The van der Waals surface area contributed by atoms with E-state index in [9.17, 15) is 26.4 Å². The highest BCUT2D eigenvalue weighted by molar-refractivity contribution is 7.91. The minimum absolute atomic E-state index is 0.0531. The molecule has 1 atom stereocenters. The maximum absolute atomic E-state index is 13.5. The molecule has 0 bridgehead atoms. The van der Waals surface area contributed by atoms with Crippen LogP contribution < -0.4 is 4.74 Å². The Morgan fingerprint density at radius 1 is 1.14 bits per heavy atom. The predicted octanol–water partition coefficient (Wildman–Crippen LogP) is 4.54. The first-order chi connectivity index (χ1) is 17.0. The van der Waals surface area contributed by atoms with Crippen LogP contribution in [0, 0.1) is 5.92 Å². The van der Waals surface area contributed by atoms with Gasteiger partial charge in [0, 0.05) is 18.3 Å². The molecular formula is C25H24F3N3O4S. The van der Waals surface area contributed by atoms with Crippen LogP contribution in [0.5, 0.6) is 5.75 Å². The van der Waals surface area contributed by atoms with E-state index < -0.39 is 28.0 Å². The normalized spacial score (nSPS) is 16.6. The number of carbonyl (C=O) groups excluding carboxylic acids is 1. The number of ether oxygens (including phenoxy) is 1. The highest BCUT2D eigenvalue weighted by Gasteiger charge is 2.39. The number of sulfone groups is 1. The first kappa shape index (κ1) is 24.4. The zero-order valence-corrected chi connectivity index (χ0v) is 20.2. The number of benzene rings is 2. The van der Waals surface area contributed by atoms with E-state index in [1.54, 1.807) is 10.9 Å². The fourth-order valence-corrected chi connectivity index (χ4v) is 5.82. The maximum Gasteiger partial charge on any atom is 0.425 e. The Bertz CT molecular complexity index is 1380. The lowest BCUT2D eigenvalue weighted by Gasteiger charge is -2.22. The minimum Gasteiger partial charge on any atom is -0.480 e. The number of fused-ring (bicyclic) bond motifs is 1. The third-order valence-corrected chi connectivity index (χ3v) is 8.23. The van der Waals surface area contributed by atoms with E-state index in [0.29, 0.717) is 5.69 Å². The van der Waals surface area contributed by atoms with Gasteiger partial charge in [-0.3, -0.25) is 4.79 Å². The number of alkyl halides is 3. The van der Waals surface area contributed by atoms with Crippen LogP contribution in [0.2, 0.25) is 0 Å². The zero-order chi connectivity index (χ0) is 25.7. The number of aromatic nitrogens is 2. The Morgan fingerprint density at radius 2 is 1.86 bits per heavy atom. The summed E-state index contributed by atoms with van der Waals surface area (Å²) in [5, 5.41) is 4.53. The van der Waals surface area contributed by atoms with Crippen LogP contribution in [0.1, 0.15) is 41.4 Å². The molecule has 0 unspecified atom stereocenters. The second-order valence-corrected chi connectivity index (χ2v) is 11.3. The highest BCUT2D eigenvalue weighted by atomic mass is 32.2. The van der Waals surface area contributed by atoms with Gasteiger partial charge in [0.25, 0.3) is 5.91 Å². The fourth-order valence-electron chi connectivity index (χ4n) is 4.10. The molecule has 2 heterocycles. The van der Waals surface area contributed by atoms with E-state index in [1.165, 1.54) is 11.0 Å². The standard InChI is InChI=1S/C25H24F3N3O4S/c1-16(25(26,27)28)35-23-10-9-20(36(33,34)15-17-7-8-17)11-21(23)24(32)30-12-18-13-31(29-22(18)14-30)19-5-3-2-4-6-19/h2-6,9-11,13,16-17H,7-8,12,14-15H2,1H3/t16-/m0/s1. The topological polar surface area (TPSA) is 81.5 Å². The Hall–Kier alpha value is -3.34. The number of hydrogen-bond donors (Lipinski definition) is 0. The van der Waals surface area contributed by atoms with Crippen molar-refractivity contribution in [3.05, 3.63) is 71.5 Å². The van der Waals surface area contributed by atoms with Gasteiger partial charge < -0.3 is 9.64 Å². The van der Waals surface area contributed by atoms with E-state index in [1.807, 2.05) is 30.3 Å². The number of para-hydroxylation sites is 1. The molecule has 1 amide bonds. The van der Waals surface area contributed by atoms with Crippen molar-refractivity contribution in [2.45, 2.75) is 50.0 Å². The van der Waals surface area contributed by atoms with Gasteiger partial charge in [0.15, 0.2) is 15.9 Å². The molecule has 0 spiro atoms. The largest absolute Gasteiger partial charge is 0.480 e. The summed E-state index contributed by atoms with van der Waals surface area (Å²) in [6.45, 7) is 1.17. The summed E-state index contributed by atoms with van der Waals surface area (Å²) in [6.07, 6.45) is -3.39. The number of hydrogen-bond acceptors (Lipinski definition) is 5. The summed E-state index contributed by atoms with van der Waals surface area (Å²) in [6, 6.07) is 12.9. The lowest BCUT2D eigenvalue weighted by atomic mass is 10.1. The molecule has 5 rings (SSSR count). The summed E-state index contributed by atoms with van der Waals surface area (Å²) >= 11 is 0. The SMILES string of the molecule is C[C@H](Oc1ccc(S(=O)(=O)CC2CC2)cc1C(=O)N1Cc2cn(-c3ccccc3)nc2C1)C(F)(F)F. The van der Waals surface area contributed by atoms with E-state index in [-0.39, 0.29) is 41.0 Å². The van der Waals surface area contributed by atoms with Gasteiger partial charge in [-0.1, -0.05) is 18.2 Å². The molecule has 7 nitrogen and oxygen atoms in total. The molecule has 3 aromatic rings. The van der Waals surface area contributed by atoms with Crippen LogP contribution in [-0.2, 0) is 22.9 Å². The third kappa shape index (κ3) is 4.97. The minimum atomic E-state index is -4.65. The number of nitrogens with zero attached hydrogens (tertiary/aromatic N) is 3. The van der Waals surface area contributed by atoms with Crippen molar-refractivity contribution in [2.75, 3.05) is 5.75 Å². The lowest BCUT2D eigenvalue weighted by Crippen LogP contribution is -2.33. The Morgan fingerprint density at radius 3 is 2.50 bits per heavy atom. The van der Waals surface area contributed by atoms with Crippen LogP contribution in [0.25, 0.3) is 5.69 Å². The first-order valence-electron chi connectivity index (χ1n) is 11.5. The van der Waals surface area contributed by atoms with E-state index in [4.69, 9.17) is 4.74 Å². The van der Waals surface area contributed by atoms with Crippen molar-refractivity contribution < 1.29 is 31.1 Å². The molecule has 1 saturated carbocycles. The summed E-state index contributed by atoms with van der Waals surface area (Å²) < 4.78 is 72.0. The molecule has 0 N–H and O–H groups in total. The van der Waals surface area contributed by atoms with Crippen molar-refractivity contribution in [1.82, 2.24) is 14.7 Å². The molecule has 1 aliphatic heterocycles. The summed E-state index contributed by atoms with van der Waals surface area (Å²) in [5.41, 5.74) is 2.10. The van der Waals surface area contributed by atoms with Crippen molar-refractivity contribution in [1.29, 1.82) is 0 Å². The van der Waals surface area contributed by atoms with E-state index in [0.717, 1.165) is 43.1 Å². The molecule has 1 fully saturated rings. The monoisotopic (exact) mass is 519 g/mol. The van der Waals surface area contributed by atoms with Gasteiger partial charge in [-0.05, 0) is 56.0 Å². The van der Waals surface area contributed by atoms with Gasteiger partial charge in [0.05, 0.1) is 34.1 Å². The lowest BCUT2D eigenvalue weighted by molar-refractivity contribution is -0.189. The molecular weight excluding hydrogens is 495 g/mol. The Labute approximate surface area is 206 Å². The number of carbonyl (C=O) groups is 1. The summed E-state index contributed by atoms with van der Waals surface area (Å²) in [4.78, 5) is 14.8. The molecule has 1 aromatic heterocycles. The average Bonchev–Trinajstić information content (AvgIpc) is 3.40. The fraction of sp³-hybridized carbons (Fsp3) is 0.360. The molecule has 36 heavy (non-hydrogen) atoms. The second-order valence-electron chi connectivity index (χ2n) is 9.23. The van der Waals surface area contributed by atoms with Crippen molar-refractivity contribution >= 4 is 15.7 Å². The van der Waals surface area contributed by atoms with Crippen LogP contribution in [0.15, 0.2) is 59.6 Å².